The number of aliphatic hydroxyl groups excluding tert-OH is 1. The van der Waals surface area contributed by atoms with E-state index in [-0.39, 0.29) is 29.9 Å². The molecule has 1 saturated heterocycles. The Hall–Kier alpha value is -2.08. The second-order valence-electron chi connectivity index (χ2n) is 6.53. The summed E-state index contributed by atoms with van der Waals surface area (Å²) in [7, 11) is 0. The fraction of sp³-hybridized carbons (Fsp3) is 0.350. The molecule has 0 spiro atoms. The van der Waals surface area contributed by atoms with Crippen molar-refractivity contribution >= 4 is 17.5 Å². The molecule has 2 aromatic rings. The monoisotopic (exact) mass is 374 g/mol. The maximum absolute atomic E-state index is 12.8. The van der Waals surface area contributed by atoms with Crippen molar-refractivity contribution in [2.24, 2.45) is 0 Å². The molecule has 0 radical (unpaired) electrons. The quantitative estimate of drug-likeness (QED) is 0.844. The van der Waals surface area contributed by atoms with Crippen LogP contribution < -0.4 is 0 Å². The molecule has 5 nitrogen and oxygen atoms in total. The van der Waals surface area contributed by atoms with Crippen molar-refractivity contribution in [2.45, 2.75) is 19.0 Å². The van der Waals surface area contributed by atoms with E-state index in [2.05, 4.69) is 17.0 Å². The van der Waals surface area contributed by atoms with Crippen LogP contribution in [-0.2, 0) is 6.54 Å². The second-order valence-corrected chi connectivity index (χ2v) is 6.97. The van der Waals surface area contributed by atoms with E-state index in [1.54, 1.807) is 17.0 Å². The Morgan fingerprint density at radius 1 is 1.15 bits per heavy atom. The molecule has 0 saturated carbocycles. The highest BCUT2D eigenvalue weighted by atomic mass is 35.5. The van der Waals surface area contributed by atoms with Crippen molar-refractivity contribution < 1.29 is 15.0 Å². The molecule has 1 aliphatic heterocycles. The molecular weight excluding hydrogens is 352 g/mol. The van der Waals surface area contributed by atoms with Crippen LogP contribution in [0.2, 0.25) is 5.02 Å². The molecule has 2 N–H and O–H groups in total. The number of benzene rings is 2. The standard InChI is InChI=1S/C20H23ClN2O3/c21-16-6-7-18(19(25)12-16)20(26)23-10-9-22(17(14-23)8-11-24)13-15-4-2-1-3-5-15/h1-7,12,17,24-25H,8-11,13-14H2/t17-/m1/s1. The predicted molar refractivity (Wildman–Crippen MR) is 101 cm³/mol. The van der Waals surface area contributed by atoms with Crippen LogP contribution in [0.4, 0.5) is 0 Å². The van der Waals surface area contributed by atoms with Gasteiger partial charge in [-0.3, -0.25) is 9.69 Å². The maximum Gasteiger partial charge on any atom is 0.257 e. The molecule has 3 rings (SSSR count). The minimum atomic E-state index is -0.207. The van der Waals surface area contributed by atoms with Gasteiger partial charge in [0.05, 0.1) is 5.56 Å². The molecule has 138 valence electrons. The second kappa shape index (κ2) is 8.54. The Bertz CT molecular complexity index is 754. The molecule has 26 heavy (non-hydrogen) atoms. The summed E-state index contributed by atoms with van der Waals surface area (Å²) in [6.07, 6.45) is 0.600. The molecule has 0 aliphatic carbocycles. The number of carbonyl (C=O) groups excluding carboxylic acids is 1. The first-order chi connectivity index (χ1) is 12.6. The fourth-order valence-corrected chi connectivity index (χ4v) is 3.55. The Morgan fingerprint density at radius 3 is 2.62 bits per heavy atom. The van der Waals surface area contributed by atoms with Crippen LogP contribution in [-0.4, -0.2) is 58.2 Å². The summed E-state index contributed by atoms with van der Waals surface area (Å²) < 4.78 is 0. The zero-order valence-corrected chi connectivity index (χ0v) is 15.3. The largest absolute Gasteiger partial charge is 0.507 e. The van der Waals surface area contributed by atoms with Crippen LogP contribution in [0.1, 0.15) is 22.3 Å². The molecule has 1 atom stereocenters. The Kier molecular flexibility index (Phi) is 6.14. The number of carbonyl (C=O) groups is 1. The van der Waals surface area contributed by atoms with E-state index in [0.29, 0.717) is 24.5 Å². The number of aliphatic hydroxyl groups is 1. The molecule has 0 aromatic heterocycles. The van der Waals surface area contributed by atoms with Gasteiger partial charge in [0.15, 0.2) is 0 Å². The van der Waals surface area contributed by atoms with Gasteiger partial charge in [0.1, 0.15) is 5.75 Å². The van der Waals surface area contributed by atoms with Crippen molar-refractivity contribution in [3.63, 3.8) is 0 Å². The molecule has 6 heteroatoms. The molecule has 1 amide bonds. The molecule has 0 bridgehead atoms. The molecule has 2 aromatic carbocycles. The molecule has 1 aliphatic rings. The van der Waals surface area contributed by atoms with Gasteiger partial charge in [-0.1, -0.05) is 41.9 Å². The number of rotatable bonds is 5. The minimum Gasteiger partial charge on any atom is -0.507 e. The van der Waals surface area contributed by atoms with Crippen molar-refractivity contribution in [2.75, 3.05) is 26.2 Å². The van der Waals surface area contributed by atoms with E-state index in [0.717, 1.165) is 13.1 Å². The van der Waals surface area contributed by atoms with Gasteiger partial charge in [0, 0.05) is 43.9 Å². The number of halogens is 1. The number of hydrogen-bond donors (Lipinski definition) is 2. The summed E-state index contributed by atoms with van der Waals surface area (Å²) in [5.41, 5.74) is 1.47. The van der Waals surface area contributed by atoms with Crippen molar-refractivity contribution in [1.29, 1.82) is 0 Å². The number of aromatic hydroxyl groups is 1. The minimum absolute atomic E-state index is 0.0736. The van der Waals surface area contributed by atoms with Gasteiger partial charge in [-0.05, 0) is 30.2 Å². The lowest BCUT2D eigenvalue weighted by Gasteiger charge is -2.41. The van der Waals surface area contributed by atoms with Gasteiger partial charge in [-0.25, -0.2) is 0 Å². The van der Waals surface area contributed by atoms with Crippen LogP contribution in [0.25, 0.3) is 0 Å². The number of piperazine rings is 1. The van der Waals surface area contributed by atoms with Crippen LogP contribution >= 0.6 is 11.6 Å². The van der Waals surface area contributed by atoms with Crippen molar-refractivity contribution in [1.82, 2.24) is 9.80 Å². The first-order valence-corrected chi connectivity index (χ1v) is 9.13. The lowest BCUT2D eigenvalue weighted by atomic mass is 10.1. The van der Waals surface area contributed by atoms with Gasteiger partial charge >= 0.3 is 0 Å². The van der Waals surface area contributed by atoms with Gasteiger partial charge in [0.2, 0.25) is 0 Å². The summed E-state index contributed by atoms with van der Waals surface area (Å²) in [6.45, 7) is 2.69. The number of hydrogen-bond acceptors (Lipinski definition) is 4. The van der Waals surface area contributed by atoms with Crippen LogP contribution in [0, 0.1) is 0 Å². The van der Waals surface area contributed by atoms with Crippen LogP contribution in [0.15, 0.2) is 48.5 Å². The van der Waals surface area contributed by atoms with E-state index >= 15 is 0 Å². The van der Waals surface area contributed by atoms with E-state index in [1.165, 1.54) is 11.6 Å². The predicted octanol–water partition coefficient (Wildman–Crippen LogP) is 2.75. The first-order valence-electron chi connectivity index (χ1n) is 8.75. The van der Waals surface area contributed by atoms with E-state index in [9.17, 15) is 15.0 Å². The average Bonchev–Trinajstić information content (AvgIpc) is 2.64. The van der Waals surface area contributed by atoms with Gasteiger partial charge in [0.25, 0.3) is 5.91 Å². The van der Waals surface area contributed by atoms with Crippen molar-refractivity contribution in [3.05, 3.63) is 64.7 Å². The highest BCUT2D eigenvalue weighted by Gasteiger charge is 2.30. The van der Waals surface area contributed by atoms with Gasteiger partial charge in [-0.15, -0.1) is 0 Å². The SMILES string of the molecule is O=C(c1ccc(Cl)cc1O)N1CCN(Cc2ccccc2)[C@H](CCO)C1. The zero-order valence-electron chi connectivity index (χ0n) is 14.5. The first kappa shape index (κ1) is 18.7. The highest BCUT2D eigenvalue weighted by molar-refractivity contribution is 6.30. The lowest BCUT2D eigenvalue weighted by molar-refractivity contribution is 0.0393. The molecule has 0 unspecified atom stereocenters. The molecule has 1 fully saturated rings. The third-order valence-corrected chi connectivity index (χ3v) is 5.01. The smallest absolute Gasteiger partial charge is 0.257 e. The topological polar surface area (TPSA) is 64.0 Å². The summed E-state index contributed by atoms with van der Waals surface area (Å²) in [4.78, 5) is 16.8. The summed E-state index contributed by atoms with van der Waals surface area (Å²) in [5.74, 6) is -0.311. The van der Waals surface area contributed by atoms with E-state index in [4.69, 9.17) is 11.6 Å². The van der Waals surface area contributed by atoms with Crippen LogP contribution in [0.5, 0.6) is 5.75 Å². The van der Waals surface area contributed by atoms with Crippen LogP contribution in [0.3, 0.4) is 0 Å². The third kappa shape index (κ3) is 4.36. The lowest BCUT2D eigenvalue weighted by Crippen LogP contribution is -2.54. The van der Waals surface area contributed by atoms with E-state index in [1.807, 2.05) is 18.2 Å². The third-order valence-electron chi connectivity index (χ3n) is 4.77. The average molecular weight is 375 g/mol. The van der Waals surface area contributed by atoms with Crippen molar-refractivity contribution in [3.8, 4) is 5.75 Å². The molecule has 1 heterocycles. The number of amides is 1. The number of phenolic OH excluding ortho intramolecular Hbond substituents is 1. The zero-order chi connectivity index (χ0) is 18.5. The normalized spacial score (nSPS) is 18.1. The summed E-state index contributed by atoms with van der Waals surface area (Å²) in [6, 6.07) is 14.8. The number of phenols is 1. The van der Waals surface area contributed by atoms with Gasteiger partial charge < -0.3 is 15.1 Å². The maximum atomic E-state index is 12.8. The van der Waals surface area contributed by atoms with E-state index < -0.39 is 0 Å². The summed E-state index contributed by atoms with van der Waals surface area (Å²) in [5, 5.41) is 19.9. The highest BCUT2D eigenvalue weighted by Crippen LogP contribution is 2.25. The Morgan fingerprint density at radius 2 is 1.92 bits per heavy atom. The molecular formula is C20H23ClN2O3. The Balaban J connectivity index is 1.71. The van der Waals surface area contributed by atoms with Gasteiger partial charge in [-0.2, -0.15) is 0 Å². The fourth-order valence-electron chi connectivity index (χ4n) is 3.38. The number of nitrogens with zero attached hydrogens (tertiary/aromatic N) is 2. The summed E-state index contributed by atoms with van der Waals surface area (Å²) >= 11 is 5.85. The Labute approximate surface area is 158 Å².